The van der Waals surface area contributed by atoms with Crippen molar-refractivity contribution >= 4 is 31.6 Å². The van der Waals surface area contributed by atoms with Crippen molar-refractivity contribution in [3.8, 4) is 5.88 Å². The molecule has 1 heterocycles. The minimum absolute atomic E-state index is 0.173. The Bertz CT molecular complexity index is 687. The third-order valence-corrected chi connectivity index (χ3v) is 4.33. The number of ether oxygens (including phenoxy) is 1. The molecule has 0 amide bonds. The highest BCUT2D eigenvalue weighted by molar-refractivity contribution is 9.10. The van der Waals surface area contributed by atoms with Gasteiger partial charge in [0.25, 0.3) is 10.0 Å². The van der Waals surface area contributed by atoms with Crippen LogP contribution in [0.1, 0.15) is 6.92 Å². The summed E-state index contributed by atoms with van der Waals surface area (Å²) in [4.78, 5) is 4.18. The van der Waals surface area contributed by atoms with Crippen LogP contribution in [0.3, 0.4) is 0 Å². The Balaban J connectivity index is 2.31. The fourth-order valence-corrected chi connectivity index (χ4v) is 2.86. The molecule has 106 valence electrons. The van der Waals surface area contributed by atoms with Gasteiger partial charge >= 0.3 is 0 Å². The Morgan fingerprint density at radius 2 is 1.95 bits per heavy atom. The zero-order valence-electron chi connectivity index (χ0n) is 10.7. The number of aromatic nitrogens is 1. The zero-order chi connectivity index (χ0) is 14.6. The van der Waals surface area contributed by atoms with Crippen molar-refractivity contribution in [3.63, 3.8) is 0 Å². The molecule has 0 aliphatic heterocycles. The molecule has 20 heavy (non-hydrogen) atoms. The standard InChI is InChI=1S/C13H13BrN2O3S/c1-2-19-13-12(4-3-9-15-13)16-20(17,18)11-7-5-10(14)6-8-11/h3-9,16H,2H2,1H3. The van der Waals surface area contributed by atoms with Crippen LogP contribution in [0, 0.1) is 0 Å². The Morgan fingerprint density at radius 3 is 2.60 bits per heavy atom. The van der Waals surface area contributed by atoms with Gasteiger partial charge in [0.15, 0.2) is 0 Å². The van der Waals surface area contributed by atoms with Crippen LogP contribution in [0.5, 0.6) is 5.88 Å². The summed E-state index contributed by atoms with van der Waals surface area (Å²) < 4.78 is 33.1. The van der Waals surface area contributed by atoms with Crippen LogP contribution in [-0.2, 0) is 10.0 Å². The average molecular weight is 357 g/mol. The van der Waals surface area contributed by atoms with E-state index in [0.717, 1.165) is 4.47 Å². The van der Waals surface area contributed by atoms with Crippen LogP contribution in [0.15, 0.2) is 52.0 Å². The number of rotatable bonds is 5. The van der Waals surface area contributed by atoms with Gasteiger partial charge in [-0.05, 0) is 43.3 Å². The molecule has 0 aliphatic carbocycles. The molecule has 1 N–H and O–H groups in total. The van der Waals surface area contributed by atoms with E-state index < -0.39 is 10.0 Å². The van der Waals surface area contributed by atoms with Gasteiger partial charge in [0, 0.05) is 10.7 Å². The van der Waals surface area contributed by atoms with E-state index in [-0.39, 0.29) is 10.8 Å². The lowest BCUT2D eigenvalue weighted by Gasteiger charge is -2.11. The van der Waals surface area contributed by atoms with Crippen molar-refractivity contribution in [1.82, 2.24) is 4.98 Å². The Labute approximate surface area is 126 Å². The van der Waals surface area contributed by atoms with Gasteiger partial charge in [-0.15, -0.1) is 0 Å². The van der Waals surface area contributed by atoms with E-state index >= 15 is 0 Å². The number of benzene rings is 1. The second kappa shape index (κ2) is 6.23. The lowest BCUT2D eigenvalue weighted by Crippen LogP contribution is -2.14. The summed E-state index contributed by atoms with van der Waals surface area (Å²) in [6.07, 6.45) is 1.54. The summed E-state index contributed by atoms with van der Waals surface area (Å²) in [7, 11) is -3.66. The minimum atomic E-state index is -3.66. The predicted molar refractivity (Wildman–Crippen MR) is 80.4 cm³/mol. The molecule has 0 fully saturated rings. The molecular formula is C13H13BrN2O3S. The van der Waals surface area contributed by atoms with E-state index in [9.17, 15) is 8.42 Å². The molecule has 7 heteroatoms. The average Bonchev–Trinajstić information content (AvgIpc) is 2.41. The molecule has 0 saturated carbocycles. The van der Waals surface area contributed by atoms with Crippen LogP contribution < -0.4 is 9.46 Å². The molecule has 0 unspecified atom stereocenters. The second-order valence-corrected chi connectivity index (χ2v) is 6.45. The van der Waals surface area contributed by atoms with E-state index in [1.807, 2.05) is 6.92 Å². The van der Waals surface area contributed by atoms with Crippen LogP contribution in [-0.4, -0.2) is 20.0 Å². The molecule has 0 bridgehead atoms. The third kappa shape index (κ3) is 3.49. The Hall–Kier alpha value is -1.60. The number of anilines is 1. The van der Waals surface area contributed by atoms with Crippen LogP contribution >= 0.6 is 15.9 Å². The number of hydrogen-bond acceptors (Lipinski definition) is 4. The summed E-state index contributed by atoms with van der Waals surface area (Å²) in [5, 5.41) is 0. The first kappa shape index (κ1) is 14.8. The summed E-state index contributed by atoms with van der Waals surface area (Å²) in [6.45, 7) is 2.21. The molecule has 5 nitrogen and oxygen atoms in total. The van der Waals surface area contributed by atoms with Crippen molar-refractivity contribution in [2.75, 3.05) is 11.3 Å². The molecule has 0 aliphatic rings. The maximum atomic E-state index is 12.3. The van der Waals surface area contributed by atoms with Crippen molar-refractivity contribution in [3.05, 3.63) is 47.1 Å². The van der Waals surface area contributed by atoms with Crippen molar-refractivity contribution in [2.45, 2.75) is 11.8 Å². The predicted octanol–water partition coefficient (Wildman–Crippen LogP) is 3.04. The molecule has 0 radical (unpaired) electrons. The fourth-order valence-electron chi connectivity index (χ4n) is 1.54. The van der Waals surface area contributed by atoms with E-state index in [1.54, 1.807) is 30.5 Å². The number of nitrogens with zero attached hydrogens (tertiary/aromatic N) is 1. The van der Waals surface area contributed by atoms with Crippen molar-refractivity contribution in [1.29, 1.82) is 0 Å². The van der Waals surface area contributed by atoms with Crippen molar-refractivity contribution in [2.24, 2.45) is 0 Å². The van der Waals surface area contributed by atoms with E-state index in [1.165, 1.54) is 12.1 Å². The highest BCUT2D eigenvalue weighted by Crippen LogP contribution is 2.24. The Morgan fingerprint density at radius 1 is 1.25 bits per heavy atom. The van der Waals surface area contributed by atoms with Gasteiger partial charge in [-0.25, -0.2) is 13.4 Å². The number of sulfonamides is 1. The van der Waals surface area contributed by atoms with E-state index in [4.69, 9.17) is 4.74 Å². The second-order valence-electron chi connectivity index (χ2n) is 3.85. The molecule has 0 atom stereocenters. The van der Waals surface area contributed by atoms with Gasteiger partial charge in [-0.2, -0.15) is 0 Å². The van der Waals surface area contributed by atoms with Crippen molar-refractivity contribution < 1.29 is 13.2 Å². The topological polar surface area (TPSA) is 68.3 Å². The highest BCUT2D eigenvalue weighted by Gasteiger charge is 2.16. The molecule has 0 spiro atoms. The van der Waals surface area contributed by atoms with Gasteiger partial charge in [0.05, 0.1) is 11.5 Å². The summed E-state index contributed by atoms with van der Waals surface area (Å²) in [5.74, 6) is 0.260. The molecule has 2 aromatic rings. The van der Waals surface area contributed by atoms with E-state index in [2.05, 4.69) is 25.6 Å². The molecule has 2 rings (SSSR count). The third-order valence-electron chi connectivity index (χ3n) is 2.42. The normalized spacial score (nSPS) is 11.1. The minimum Gasteiger partial charge on any atom is -0.476 e. The Kier molecular flexibility index (Phi) is 4.61. The van der Waals surface area contributed by atoms with Gasteiger partial charge in [0.1, 0.15) is 5.69 Å². The first-order chi connectivity index (χ1) is 9.53. The lowest BCUT2D eigenvalue weighted by molar-refractivity contribution is 0.329. The van der Waals surface area contributed by atoms with Crippen LogP contribution in [0.2, 0.25) is 0 Å². The smallest absolute Gasteiger partial charge is 0.262 e. The van der Waals surface area contributed by atoms with Crippen LogP contribution in [0.4, 0.5) is 5.69 Å². The quantitative estimate of drug-likeness (QED) is 0.893. The van der Waals surface area contributed by atoms with Gasteiger partial charge in [0.2, 0.25) is 5.88 Å². The first-order valence-corrected chi connectivity index (χ1v) is 8.17. The molecule has 1 aromatic carbocycles. The lowest BCUT2D eigenvalue weighted by atomic mass is 10.4. The first-order valence-electron chi connectivity index (χ1n) is 5.89. The fraction of sp³-hybridized carbons (Fsp3) is 0.154. The van der Waals surface area contributed by atoms with E-state index in [0.29, 0.717) is 12.3 Å². The number of hydrogen-bond donors (Lipinski definition) is 1. The monoisotopic (exact) mass is 356 g/mol. The SMILES string of the molecule is CCOc1ncccc1NS(=O)(=O)c1ccc(Br)cc1. The summed E-state index contributed by atoms with van der Waals surface area (Å²) >= 11 is 3.27. The maximum absolute atomic E-state index is 12.3. The number of nitrogens with one attached hydrogen (secondary N) is 1. The van der Waals surface area contributed by atoms with Gasteiger partial charge < -0.3 is 4.74 Å². The zero-order valence-corrected chi connectivity index (χ0v) is 13.1. The maximum Gasteiger partial charge on any atom is 0.262 e. The number of pyridine rings is 1. The van der Waals surface area contributed by atoms with Crippen LogP contribution in [0.25, 0.3) is 0 Å². The summed E-state index contributed by atoms with van der Waals surface area (Å²) in [5.41, 5.74) is 0.317. The number of halogens is 1. The van der Waals surface area contributed by atoms with Gasteiger partial charge in [-0.1, -0.05) is 15.9 Å². The molecule has 0 saturated heterocycles. The van der Waals surface area contributed by atoms with Gasteiger partial charge in [-0.3, -0.25) is 4.72 Å². The summed E-state index contributed by atoms with van der Waals surface area (Å²) in [6, 6.07) is 9.62. The molecular weight excluding hydrogens is 344 g/mol. The highest BCUT2D eigenvalue weighted by atomic mass is 79.9. The largest absolute Gasteiger partial charge is 0.476 e. The molecule has 1 aromatic heterocycles.